The van der Waals surface area contributed by atoms with E-state index in [1.54, 1.807) is 6.92 Å². The molecule has 0 aromatic heterocycles. The lowest BCUT2D eigenvalue weighted by molar-refractivity contribution is 0.286. The molecular formula is C17H22NO2P. The summed E-state index contributed by atoms with van der Waals surface area (Å²) in [6.45, 7) is 3.13. The highest BCUT2D eigenvalue weighted by atomic mass is 31.2. The van der Waals surface area contributed by atoms with Crippen LogP contribution in [0.25, 0.3) is 0 Å². The number of hydrogen-bond acceptors (Lipinski definition) is 2. The van der Waals surface area contributed by atoms with Gasteiger partial charge < -0.3 is 4.89 Å². The number of benzene rings is 2. The molecule has 2 rings (SSSR count). The largest absolute Gasteiger partial charge is 0.343 e. The average molecular weight is 303 g/mol. The van der Waals surface area contributed by atoms with Crippen LogP contribution in [-0.2, 0) is 17.7 Å². The first kappa shape index (κ1) is 16.0. The summed E-state index contributed by atoms with van der Waals surface area (Å²) in [6, 6.07) is 20.1. The lowest BCUT2D eigenvalue weighted by Crippen LogP contribution is -2.24. The van der Waals surface area contributed by atoms with Crippen molar-refractivity contribution in [3.05, 3.63) is 71.8 Å². The van der Waals surface area contributed by atoms with Crippen LogP contribution < -0.4 is 0 Å². The SMILES string of the molecule is CCP(=O)(O)CN(Cc1ccccc1)Cc1ccccc1. The molecular weight excluding hydrogens is 281 g/mol. The minimum absolute atomic E-state index is 0.229. The summed E-state index contributed by atoms with van der Waals surface area (Å²) in [6.07, 6.45) is 0.542. The molecule has 2 aromatic rings. The van der Waals surface area contributed by atoms with Crippen LogP contribution >= 0.6 is 7.37 Å². The van der Waals surface area contributed by atoms with Gasteiger partial charge in [-0.15, -0.1) is 0 Å². The molecule has 1 atom stereocenters. The van der Waals surface area contributed by atoms with Crippen molar-refractivity contribution in [3.63, 3.8) is 0 Å². The quantitative estimate of drug-likeness (QED) is 0.788. The van der Waals surface area contributed by atoms with E-state index in [-0.39, 0.29) is 6.29 Å². The van der Waals surface area contributed by atoms with Crippen molar-refractivity contribution in [1.29, 1.82) is 0 Å². The van der Waals surface area contributed by atoms with Crippen LogP contribution in [0.15, 0.2) is 60.7 Å². The Hall–Kier alpha value is -1.41. The van der Waals surface area contributed by atoms with E-state index >= 15 is 0 Å². The van der Waals surface area contributed by atoms with E-state index in [1.807, 2.05) is 60.7 Å². The molecule has 4 heteroatoms. The second kappa shape index (κ2) is 7.56. The summed E-state index contributed by atoms with van der Waals surface area (Å²) >= 11 is 0. The lowest BCUT2D eigenvalue weighted by atomic mass is 10.2. The molecule has 0 bridgehead atoms. The van der Waals surface area contributed by atoms with Crippen LogP contribution in [0.4, 0.5) is 0 Å². The highest BCUT2D eigenvalue weighted by molar-refractivity contribution is 7.57. The molecule has 0 aliphatic rings. The van der Waals surface area contributed by atoms with Crippen LogP contribution in [0.1, 0.15) is 18.1 Å². The smallest absolute Gasteiger partial charge is 0.213 e. The molecule has 3 nitrogen and oxygen atoms in total. The second-order valence-corrected chi connectivity index (χ2v) is 7.87. The molecule has 0 heterocycles. The fourth-order valence-corrected chi connectivity index (χ4v) is 3.28. The van der Waals surface area contributed by atoms with Gasteiger partial charge in [-0.1, -0.05) is 67.6 Å². The van der Waals surface area contributed by atoms with E-state index in [4.69, 9.17) is 0 Å². The van der Waals surface area contributed by atoms with E-state index in [1.165, 1.54) is 0 Å². The van der Waals surface area contributed by atoms with Crippen LogP contribution in [0.2, 0.25) is 0 Å². The summed E-state index contributed by atoms with van der Waals surface area (Å²) in [5.74, 6) is 0. The van der Waals surface area contributed by atoms with Crippen molar-refractivity contribution in [2.45, 2.75) is 20.0 Å². The van der Waals surface area contributed by atoms with E-state index < -0.39 is 7.37 Å². The maximum Gasteiger partial charge on any atom is 0.213 e. The molecule has 112 valence electrons. The molecule has 0 amide bonds. The second-order valence-electron chi connectivity index (χ2n) is 5.26. The van der Waals surface area contributed by atoms with Gasteiger partial charge in [-0.25, -0.2) is 0 Å². The summed E-state index contributed by atoms with van der Waals surface area (Å²) in [5.41, 5.74) is 2.31. The Morgan fingerprint density at radius 1 is 0.905 bits per heavy atom. The third-order valence-electron chi connectivity index (χ3n) is 3.41. The molecule has 1 unspecified atom stereocenters. The zero-order chi connectivity index (χ0) is 15.1. The molecule has 0 saturated heterocycles. The Labute approximate surface area is 126 Å². The molecule has 21 heavy (non-hydrogen) atoms. The summed E-state index contributed by atoms with van der Waals surface area (Å²) in [5, 5.41) is 0. The molecule has 0 saturated carbocycles. The van der Waals surface area contributed by atoms with E-state index in [0.29, 0.717) is 19.3 Å². The first-order valence-electron chi connectivity index (χ1n) is 7.20. The topological polar surface area (TPSA) is 40.5 Å². The first-order valence-corrected chi connectivity index (χ1v) is 9.23. The van der Waals surface area contributed by atoms with Gasteiger partial charge in [0.15, 0.2) is 0 Å². The van der Waals surface area contributed by atoms with E-state index in [0.717, 1.165) is 11.1 Å². The van der Waals surface area contributed by atoms with Gasteiger partial charge in [-0.2, -0.15) is 0 Å². The first-order chi connectivity index (χ1) is 10.1. The highest BCUT2D eigenvalue weighted by Gasteiger charge is 2.20. The van der Waals surface area contributed by atoms with Crippen molar-refractivity contribution >= 4 is 7.37 Å². The number of rotatable bonds is 7. The molecule has 2 aromatic carbocycles. The molecule has 0 fully saturated rings. The zero-order valence-corrected chi connectivity index (χ0v) is 13.2. The third kappa shape index (κ3) is 5.47. The van der Waals surface area contributed by atoms with Crippen LogP contribution in [-0.4, -0.2) is 22.2 Å². The van der Waals surface area contributed by atoms with E-state index in [9.17, 15) is 9.46 Å². The summed E-state index contributed by atoms with van der Waals surface area (Å²) in [7, 11) is -3.08. The maximum atomic E-state index is 12.1. The Balaban J connectivity index is 2.12. The van der Waals surface area contributed by atoms with Crippen molar-refractivity contribution in [1.82, 2.24) is 4.90 Å². The van der Waals surface area contributed by atoms with Gasteiger partial charge in [0.2, 0.25) is 7.37 Å². The van der Waals surface area contributed by atoms with Gasteiger partial charge in [0.1, 0.15) is 0 Å². The van der Waals surface area contributed by atoms with Gasteiger partial charge in [0.25, 0.3) is 0 Å². The van der Waals surface area contributed by atoms with Crippen molar-refractivity contribution in [2.24, 2.45) is 0 Å². The zero-order valence-electron chi connectivity index (χ0n) is 12.4. The number of nitrogens with zero attached hydrogens (tertiary/aromatic N) is 1. The predicted molar refractivity (Wildman–Crippen MR) is 87.4 cm³/mol. The van der Waals surface area contributed by atoms with Gasteiger partial charge >= 0.3 is 0 Å². The minimum Gasteiger partial charge on any atom is -0.343 e. The molecule has 0 spiro atoms. The molecule has 1 N–H and O–H groups in total. The average Bonchev–Trinajstić information content (AvgIpc) is 2.49. The molecule has 0 radical (unpaired) electrons. The van der Waals surface area contributed by atoms with Gasteiger partial charge in [0, 0.05) is 19.3 Å². The Bertz CT molecular complexity index is 545. The minimum atomic E-state index is -3.08. The van der Waals surface area contributed by atoms with Crippen LogP contribution in [0, 0.1) is 0 Å². The van der Waals surface area contributed by atoms with Crippen LogP contribution in [0.3, 0.4) is 0 Å². The monoisotopic (exact) mass is 303 g/mol. The van der Waals surface area contributed by atoms with Gasteiger partial charge in [-0.05, 0) is 11.1 Å². The molecule has 0 aliphatic heterocycles. The normalized spacial score (nSPS) is 14.0. The van der Waals surface area contributed by atoms with Crippen LogP contribution in [0.5, 0.6) is 0 Å². The highest BCUT2D eigenvalue weighted by Crippen LogP contribution is 2.41. The predicted octanol–water partition coefficient (Wildman–Crippen LogP) is 3.94. The molecule has 0 aliphatic carbocycles. The summed E-state index contributed by atoms with van der Waals surface area (Å²) in [4.78, 5) is 12.0. The van der Waals surface area contributed by atoms with Crippen molar-refractivity contribution in [3.8, 4) is 0 Å². The Kier molecular flexibility index (Phi) is 5.75. The van der Waals surface area contributed by atoms with Gasteiger partial charge in [0.05, 0.1) is 6.29 Å². The Morgan fingerprint density at radius 3 is 1.71 bits per heavy atom. The van der Waals surface area contributed by atoms with Crippen molar-refractivity contribution in [2.75, 3.05) is 12.4 Å². The van der Waals surface area contributed by atoms with Gasteiger partial charge in [-0.3, -0.25) is 9.46 Å². The summed E-state index contributed by atoms with van der Waals surface area (Å²) < 4.78 is 12.1. The Morgan fingerprint density at radius 2 is 1.33 bits per heavy atom. The number of hydrogen-bond donors (Lipinski definition) is 1. The fraction of sp³-hybridized carbons (Fsp3) is 0.294. The third-order valence-corrected chi connectivity index (χ3v) is 5.24. The maximum absolute atomic E-state index is 12.1. The van der Waals surface area contributed by atoms with E-state index in [2.05, 4.69) is 4.90 Å². The fourth-order valence-electron chi connectivity index (χ4n) is 2.25. The lowest BCUT2D eigenvalue weighted by Gasteiger charge is -2.24. The van der Waals surface area contributed by atoms with Crippen molar-refractivity contribution < 1.29 is 9.46 Å². The standard InChI is InChI=1S/C17H22NO2P/c1-2-21(19,20)15-18(13-16-9-5-3-6-10-16)14-17-11-7-4-8-12-17/h3-12H,2,13-15H2,1H3,(H,19,20).